The molecule has 0 spiro atoms. The highest BCUT2D eigenvalue weighted by molar-refractivity contribution is 5.77. The summed E-state index contributed by atoms with van der Waals surface area (Å²) in [6.45, 7) is 5.85. The number of hydrogen-bond donors (Lipinski definition) is 0. The summed E-state index contributed by atoms with van der Waals surface area (Å²) < 4.78 is 1.66. The third-order valence-corrected chi connectivity index (χ3v) is 6.21. The second-order valence-corrected chi connectivity index (χ2v) is 8.42. The highest BCUT2D eigenvalue weighted by Gasteiger charge is 2.28. The molecule has 0 amide bonds. The summed E-state index contributed by atoms with van der Waals surface area (Å²) in [5, 5.41) is 14.4. The van der Waals surface area contributed by atoms with Crippen LogP contribution in [-0.4, -0.2) is 31.7 Å². The topological polar surface area (TPSA) is 70.6 Å². The molecule has 6 nitrogen and oxygen atoms in total. The van der Waals surface area contributed by atoms with Gasteiger partial charge in [-0.25, -0.2) is 4.98 Å². The summed E-state index contributed by atoms with van der Waals surface area (Å²) >= 11 is 0. The highest BCUT2D eigenvalue weighted by Crippen LogP contribution is 2.40. The summed E-state index contributed by atoms with van der Waals surface area (Å²) in [6, 6.07) is 9.03. The molecule has 0 saturated carbocycles. The van der Waals surface area contributed by atoms with Crippen LogP contribution in [0.4, 0.5) is 0 Å². The second-order valence-electron chi connectivity index (χ2n) is 8.42. The first-order valence-corrected chi connectivity index (χ1v) is 10.3. The molecule has 0 unspecified atom stereocenters. The zero-order chi connectivity index (χ0) is 21.0. The number of nitriles is 1. The first kappa shape index (κ1) is 18.7. The van der Waals surface area contributed by atoms with E-state index in [0.29, 0.717) is 12.2 Å². The molecule has 1 aliphatic heterocycles. The zero-order valence-corrected chi connectivity index (χ0v) is 17.8. The van der Waals surface area contributed by atoms with E-state index in [1.54, 1.807) is 10.9 Å². The van der Waals surface area contributed by atoms with Crippen LogP contribution < -0.4 is 0 Å². The van der Waals surface area contributed by atoms with Gasteiger partial charge < -0.3 is 0 Å². The van der Waals surface area contributed by atoms with Gasteiger partial charge in [0, 0.05) is 32.5 Å². The van der Waals surface area contributed by atoms with E-state index in [1.165, 1.54) is 22.3 Å². The van der Waals surface area contributed by atoms with Crippen LogP contribution in [0.3, 0.4) is 0 Å². The number of aromatic nitrogens is 4. The molecular formula is C24H24N6. The lowest BCUT2D eigenvalue weighted by atomic mass is 9.87. The smallest absolute Gasteiger partial charge is 0.148 e. The van der Waals surface area contributed by atoms with Crippen molar-refractivity contribution in [2.24, 2.45) is 7.05 Å². The van der Waals surface area contributed by atoms with Gasteiger partial charge in [0.25, 0.3) is 0 Å². The average molecular weight is 396 g/mol. The third kappa shape index (κ3) is 2.86. The van der Waals surface area contributed by atoms with Crippen LogP contribution in [0.15, 0.2) is 30.5 Å². The SMILES string of the molecule is Cc1ccc2c(c1)[C@@H](C)C1=CCc3ncc(nc31)-c1c(nn(C)c1C#N)CN(C)C2. The predicted octanol–water partition coefficient (Wildman–Crippen LogP) is 3.75. The monoisotopic (exact) mass is 396 g/mol. The maximum atomic E-state index is 9.78. The quantitative estimate of drug-likeness (QED) is 0.579. The summed E-state index contributed by atoms with van der Waals surface area (Å²) in [5.74, 6) is 0.224. The zero-order valence-electron chi connectivity index (χ0n) is 17.8. The van der Waals surface area contributed by atoms with E-state index in [0.717, 1.165) is 41.3 Å². The number of nitrogens with zero attached hydrogens (tertiary/aromatic N) is 6. The Morgan fingerprint density at radius 1 is 1.17 bits per heavy atom. The summed E-state index contributed by atoms with van der Waals surface area (Å²) in [7, 11) is 3.91. The Hall–Kier alpha value is -3.30. The van der Waals surface area contributed by atoms with E-state index in [9.17, 15) is 5.26 Å². The number of aryl methyl sites for hydroxylation is 2. The maximum absolute atomic E-state index is 9.78. The molecule has 3 heterocycles. The Balaban J connectivity index is 1.77. The maximum Gasteiger partial charge on any atom is 0.148 e. The molecule has 2 aromatic heterocycles. The van der Waals surface area contributed by atoms with Gasteiger partial charge in [0.2, 0.25) is 0 Å². The minimum atomic E-state index is 0.224. The van der Waals surface area contributed by atoms with E-state index in [2.05, 4.69) is 61.2 Å². The van der Waals surface area contributed by atoms with Crippen molar-refractivity contribution in [1.82, 2.24) is 24.6 Å². The molecule has 0 saturated heterocycles. The molecule has 6 heteroatoms. The van der Waals surface area contributed by atoms with Crippen molar-refractivity contribution in [3.05, 3.63) is 69.9 Å². The van der Waals surface area contributed by atoms with Gasteiger partial charge in [-0.05, 0) is 30.7 Å². The lowest BCUT2D eigenvalue weighted by Gasteiger charge is -2.24. The standard InChI is InChI=1S/C24H24N6/c1-14-5-6-16-12-29(3)13-21-23(22(10-25)30(4)28-21)20-11-26-19-8-7-17(24(19)27-20)15(2)18(16)9-14/h5-7,9,11,15H,8,12-13H2,1-4H3/t15-/m0/s1. The van der Waals surface area contributed by atoms with Crippen molar-refractivity contribution in [3.63, 3.8) is 0 Å². The Bertz CT molecular complexity index is 1240. The Morgan fingerprint density at radius 2 is 2.00 bits per heavy atom. The lowest BCUT2D eigenvalue weighted by molar-refractivity contribution is 0.313. The fraction of sp³-hybridized carbons (Fsp3) is 0.333. The van der Waals surface area contributed by atoms with Crippen LogP contribution >= 0.6 is 0 Å². The molecule has 1 atom stereocenters. The van der Waals surface area contributed by atoms with Gasteiger partial charge in [0.1, 0.15) is 11.8 Å². The predicted molar refractivity (Wildman–Crippen MR) is 115 cm³/mol. The van der Waals surface area contributed by atoms with E-state index in [4.69, 9.17) is 9.97 Å². The molecular weight excluding hydrogens is 372 g/mol. The molecule has 3 aromatic rings. The van der Waals surface area contributed by atoms with Crippen LogP contribution in [0.1, 0.15) is 52.3 Å². The number of rotatable bonds is 0. The van der Waals surface area contributed by atoms with Crippen molar-refractivity contribution >= 4 is 5.57 Å². The van der Waals surface area contributed by atoms with E-state index in [-0.39, 0.29) is 5.92 Å². The van der Waals surface area contributed by atoms with Crippen LogP contribution in [-0.2, 0) is 26.6 Å². The minimum absolute atomic E-state index is 0.224. The van der Waals surface area contributed by atoms with Crippen LogP contribution in [0.5, 0.6) is 0 Å². The first-order chi connectivity index (χ1) is 14.5. The van der Waals surface area contributed by atoms with Crippen molar-refractivity contribution < 1.29 is 0 Å². The summed E-state index contributed by atoms with van der Waals surface area (Å²) in [5.41, 5.74) is 10.0. The largest absolute Gasteiger partial charge is 0.296 e. The fourth-order valence-corrected chi connectivity index (χ4v) is 4.72. The number of allylic oxidation sites excluding steroid dienone is 2. The molecule has 1 aliphatic carbocycles. The Labute approximate surface area is 176 Å². The number of hydrogen-bond acceptors (Lipinski definition) is 5. The van der Waals surface area contributed by atoms with Crippen LogP contribution in [0.2, 0.25) is 0 Å². The average Bonchev–Trinajstić information content (AvgIpc) is 3.27. The van der Waals surface area contributed by atoms with E-state index >= 15 is 0 Å². The Kier molecular flexibility index (Phi) is 4.30. The highest BCUT2D eigenvalue weighted by atomic mass is 15.3. The van der Waals surface area contributed by atoms with Gasteiger partial charge in [-0.3, -0.25) is 14.6 Å². The molecule has 0 radical (unpaired) electrons. The van der Waals surface area contributed by atoms with Gasteiger partial charge in [-0.2, -0.15) is 10.4 Å². The third-order valence-electron chi connectivity index (χ3n) is 6.21. The number of benzene rings is 1. The van der Waals surface area contributed by atoms with Crippen LogP contribution in [0, 0.1) is 18.3 Å². The van der Waals surface area contributed by atoms with Gasteiger partial charge >= 0.3 is 0 Å². The molecule has 30 heavy (non-hydrogen) atoms. The molecule has 0 fully saturated rings. The van der Waals surface area contributed by atoms with Gasteiger partial charge in [0.15, 0.2) is 0 Å². The van der Waals surface area contributed by atoms with E-state index < -0.39 is 0 Å². The minimum Gasteiger partial charge on any atom is -0.296 e. The summed E-state index contributed by atoms with van der Waals surface area (Å²) in [4.78, 5) is 12.0. The van der Waals surface area contributed by atoms with Gasteiger partial charge in [-0.1, -0.05) is 36.8 Å². The molecule has 5 rings (SSSR count). The van der Waals surface area contributed by atoms with Gasteiger partial charge in [0.05, 0.1) is 34.5 Å². The molecule has 2 aliphatic rings. The normalized spacial score (nSPS) is 18.0. The molecule has 150 valence electrons. The molecule has 2 bridgehead atoms. The Morgan fingerprint density at radius 3 is 2.80 bits per heavy atom. The van der Waals surface area contributed by atoms with Crippen LogP contribution in [0.25, 0.3) is 16.8 Å². The lowest BCUT2D eigenvalue weighted by Crippen LogP contribution is -2.20. The van der Waals surface area contributed by atoms with E-state index in [1.807, 2.05) is 7.05 Å². The second kappa shape index (κ2) is 6.89. The van der Waals surface area contributed by atoms with Crippen molar-refractivity contribution in [2.45, 2.75) is 39.3 Å². The molecule has 1 aromatic carbocycles. The fourth-order valence-electron chi connectivity index (χ4n) is 4.72. The number of fused-ring (bicyclic) bond motifs is 4. The van der Waals surface area contributed by atoms with Crippen molar-refractivity contribution in [1.29, 1.82) is 5.26 Å². The van der Waals surface area contributed by atoms with Gasteiger partial charge in [-0.15, -0.1) is 0 Å². The van der Waals surface area contributed by atoms with Crippen molar-refractivity contribution in [2.75, 3.05) is 7.05 Å². The summed E-state index contributed by atoms with van der Waals surface area (Å²) in [6.07, 6.45) is 4.86. The van der Waals surface area contributed by atoms with Crippen molar-refractivity contribution in [3.8, 4) is 17.3 Å². The molecule has 0 N–H and O–H groups in total. The first-order valence-electron chi connectivity index (χ1n) is 10.3.